The predicted octanol–water partition coefficient (Wildman–Crippen LogP) is 0.107. The van der Waals surface area contributed by atoms with Gasteiger partial charge in [0.2, 0.25) is 0 Å². The quantitative estimate of drug-likeness (QED) is 0.796. The van der Waals surface area contributed by atoms with Crippen molar-refractivity contribution in [3.8, 4) is 0 Å². The maximum Gasteiger partial charge on any atom is 0.167 e. The third kappa shape index (κ3) is 2.88. The van der Waals surface area contributed by atoms with E-state index in [1.54, 1.807) is 11.7 Å². The molecule has 1 aliphatic heterocycles. The van der Waals surface area contributed by atoms with Crippen LogP contribution in [0.2, 0.25) is 0 Å². The lowest BCUT2D eigenvalue weighted by Gasteiger charge is -2.22. The van der Waals surface area contributed by atoms with Gasteiger partial charge in [0.15, 0.2) is 17.7 Å². The molecule has 1 aliphatic rings. The van der Waals surface area contributed by atoms with Gasteiger partial charge in [0.1, 0.15) is 30.2 Å². The third-order valence-corrected chi connectivity index (χ3v) is 3.73. The summed E-state index contributed by atoms with van der Waals surface area (Å²) < 4.78 is 18.6. The van der Waals surface area contributed by atoms with Crippen molar-refractivity contribution in [3.05, 3.63) is 12.7 Å². The minimum Gasteiger partial charge on any atom is -0.386 e. The zero-order valence-corrected chi connectivity index (χ0v) is 13.3. The Balaban J connectivity index is 1.94. The van der Waals surface area contributed by atoms with E-state index < -0.39 is 18.4 Å². The van der Waals surface area contributed by atoms with Crippen molar-refractivity contribution in [1.82, 2.24) is 19.5 Å². The molecule has 0 saturated carbocycles. The van der Waals surface area contributed by atoms with Gasteiger partial charge in [-0.1, -0.05) is 0 Å². The highest BCUT2D eigenvalue weighted by Crippen LogP contribution is 2.34. The topological polar surface area (TPSA) is 118 Å². The van der Waals surface area contributed by atoms with Crippen LogP contribution >= 0.6 is 0 Å². The lowest BCUT2D eigenvalue weighted by atomic mass is 10.1. The molecule has 2 unspecified atom stereocenters. The summed E-state index contributed by atoms with van der Waals surface area (Å²) in [7, 11) is 1.58. The number of nitrogens with two attached hydrogens (primary N) is 1. The van der Waals surface area contributed by atoms with Crippen LogP contribution < -0.4 is 5.73 Å². The molecule has 0 aromatic carbocycles. The molecular weight excluding hydrogens is 302 g/mol. The number of nitrogens with zero attached hydrogens (tertiary/aromatic N) is 4. The van der Waals surface area contributed by atoms with Gasteiger partial charge in [-0.15, -0.1) is 0 Å². The smallest absolute Gasteiger partial charge is 0.167 e. The molecule has 0 bridgehead atoms. The summed E-state index contributed by atoms with van der Waals surface area (Å²) in [6, 6.07) is 0. The van der Waals surface area contributed by atoms with Crippen molar-refractivity contribution in [2.45, 2.75) is 44.5 Å². The van der Waals surface area contributed by atoms with Crippen molar-refractivity contribution >= 4 is 17.0 Å². The Hall–Kier alpha value is -1.81. The molecule has 0 aliphatic carbocycles. The fraction of sp³-hybridized carbons (Fsp3) is 0.643. The van der Waals surface area contributed by atoms with Gasteiger partial charge in [-0.25, -0.2) is 15.0 Å². The van der Waals surface area contributed by atoms with Crippen molar-refractivity contribution in [3.63, 3.8) is 0 Å². The summed E-state index contributed by atoms with van der Waals surface area (Å²) in [5.41, 5.74) is 6.77. The number of anilines is 1. The van der Waals surface area contributed by atoms with Crippen LogP contribution in [0.25, 0.3) is 11.2 Å². The summed E-state index contributed by atoms with van der Waals surface area (Å²) >= 11 is 0. The van der Waals surface area contributed by atoms with Gasteiger partial charge in [0.05, 0.1) is 19.0 Å². The number of nitrogen functional groups attached to an aromatic ring is 1. The molecule has 0 radical (unpaired) electrons. The first-order chi connectivity index (χ1) is 11.0. The second-order valence-electron chi connectivity index (χ2n) is 5.74. The highest BCUT2D eigenvalue weighted by Gasteiger charge is 2.46. The number of aliphatic hydroxyl groups is 1. The first-order valence-electron chi connectivity index (χ1n) is 7.43. The largest absolute Gasteiger partial charge is 0.386 e. The van der Waals surface area contributed by atoms with E-state index >= 15 is 0 Å². The predicted molar refractivity (Wildman–Crippen MR) is 81.5 cm³/mol. The minimum atomic E-state index is -0.883. The lowest BCUT2D eigenvalue weighted by molar-refractivity contribution is -0.0840. The van der Waals surface area contributed by atoms with Crippen molar-refractivity contribution < 1.29 is 19.3 Å². The van der Waals surface area contributed by atoms with Crippen LogP contribution in [-0.4, -0.2) is 62.8 Å². The molecule has 0 spiro atoms. The Morgan fingerprint density at radius 1 is 1.39 bits per heavy atom. The van der Waals surface area contributed by atoms with Crippen LogP contribution in [0.1, 0.15) is 20.1 Å². The number of ether oxygens (including phenoxy) is 3. The van der Waals surface area contributed by atoms with Gasteiger partial charge in [-0.05, 0) is 13.8 Å². The lowest BCUT2D eigenvalue weighted by Crippen LogP contribution is -2.38. The summed E-state index contributed by atoms with van der Waals surface area (Å²) in [5, 5.41) is 10.7. The van der Waals surface area contributed by atoms with Crippen LogP contribution in [0.3, 0.4) is 0 Å². The molecule has 126 valence electrons. The fourth-order valence-electron chi connectivity index (χ4n) is 2.79. The average Bonchev–Trinajstić information content (AvgIpc) is 3.04. The number of aromatic nitrogens is 4. The van der Waals surface area contributed by atoms with Crippen LogP contribution in [-0.2, 0) is 14.2 Å². The first-order valence-corrected chi connectivity index (χ1v) is 7.43. The van der Waals surface area contributed by atoms with Crippen LogP contribution in [0.4, 0.5) is 5.82 Å². The Bertz CT molecular complexity index is 676. The molecule has 2 aromatic rings. The normalized spacial score (nSPS) is 28.0. The minimum absolute atomic E-state index is 0.0474. The van der Waals surface area contributed by atoms with E-state index in [4.69, 9.17) is 19.9 Å². The van der Waals surface area contributed by atoms with Gasteiger partial charge in [0.25, 0.3) is 0 Å². The standard InChI is InChI=1S/C14H21N5O4/c1-7(2)22-11-8(4-21-3)23-14(10(11)20)19-6-18-9-12(15)16-5-17-13(9)19/h5-8,10-11,14,20H,4H2,1-3H3,(H2,15,16,17)/t8?,10-,11+,14?/m0/s1. The Labute approximate surface area is 133 Å². The summed E-state index contributed by atoms with van der Waals surface area (Å²) in [6.07, 6.45) is 0.380. The molecule has 9 nitrogen and oxygen atoms in total. The zero-order chi connectivity index (χ0) is 16.6. The number of fused-ring (bicyclic) bond motifs is 1. The first kappa shape index (κ1) is 16.1. The number of hydrogen-bond acceptors (Lipinski definition) is 8. The van der Waals surface area contributed by atoms with Crippen molar-refractivity contribution in [2.75, 3.05) is 19.5 Å². The van der Waals surface area contributed by atoms with Gasteiger partial charge < -0.3 is 25.1 Å². The molecule has 3 N–H and O–H groups in total. The highest BCUT2D eigenvalue weighted by molar-refractivity contribution is 5.81. The Morgan fingerprint density at radius 2 is 2.17 bits per heavy atom. The van der Waals surface area contributed by atoms with E-state index in [-0.39, 0.29) is 18.0 Å². The van der Waals surface area contributed by atoms with Crippen LogP contribution in [0.5, 0.6) is 0 Å². The zero-order valence-electron chi connectivity index (χ0n) is 13.3. The summed E-state index contributed by atoms with van der Waals surface area (Å²) in [5.74, 6) is 0.282. The molecule has 3 rings (SSSR count). The average molecular weight is 323 g/mol. The van der Waals surface area contributed by atoms with Gasteiger partial charge >= 0.3 is 0 Å². The van der Waals surface area contributed by atoms with Gasteiger partial charge in [-0.3, -0.25) is 4.57 Å². The van der Waals surface area contributed by atoms with Crippen molar-refractivity contribution in [2.24, 2.45) is 0 Å². The second kappa shape index (κ2) is 6.36. The van der Waals surface area contributed by atoms with Gasteiger partial charge in [-0.2, -0.15) is 0 Å². The number of rotatable bonds is 5. The SMILES string of the molecule is COCC1OC(n2cnc3c(N)ncnc32)[C@@H](O)[C@@H]1OC(C)C. The number of aliphatic hydroxyl groups excluding tert-OH is 1. The fourth-order valence-corrected chi connectivity index (χ4v) is 2.79. The molecule has 1 saturated heterocycles. The summed E-state index contributed by atoms with van der Waals surface area (Å²) in [4.78, 5) is 12.3. The monoisotopic (exact) mass is 323 g/mol. The number of methoxy groups -OCH3 is 1. The Morgan fingerprint density at radius 3 is 2.87 bits per heavy atom. The molecular formula is C14H21N5O4. The van der Waals surface area contributed by atoms with Gasteiger partial charge in [0, 0.05) is 7.11 Å². The van der Waals surface area contributed by atoms with E-state index in [1.165, 1.54) is 12.7 Å². The van der Waals surface area contributed by atoms with E-state index in [1.807, 2.05) is 13.8 Å². The van der Waals surface area contributed by atoms with E-state index in [9.17, 15) is 5.11 Å². The molecule has 9 heteroatoms. The Kier molecular flexibility index (Phi) is 4.44. The second-order valence-corrected chi connectivity index (χ2v) is 5.74. The molecule has 23 heavy (non-hydrogen) atoms. The third-order valence-electron chi connectivity index (χ3n) is 3.73. The molecule has 3 heterocycles. The summed E-state index contributed by atoms with van der Waals surface area (Å²) in [6.45, 7) is 4.13. The van der Waals surface area contributed by atoms with Crippen LogP contribution in [0.15, 0.2) is 12.7 Å². The van der Waals surface area contributed by atoms with E-state index in [2.05, 4.69) is 15.0 Å². The number of imidazole rings is 1. The van der Waals surface area contributed by atoms with Crippen molar-refractivity contribution in [1.29, 1.82) is 0 Å². The molecule has 0 amide bonds. The maximum atomic E-state index is 10.7. The molecule has 4 atom stereocenters. The number of hydrogen-bond donors (Lipinski definition) is 2. The van der Waals surface area contributed by atoms with E-state index in [0.29, 0.717) is 17.8 Å². The van der Waals surface area contributed by atoms with Crippen LogP contribution in [0, 0.1) is 0 Å². The maximum absolute atomic E-state index is 10.7. The molecule has 2 aromatic heterocycles. The van der Waals surface area contributed by atoms with E-state index in [0.717, 1.165) is 0 Å². The highest BCUT2D eigenvalue weighted by atomic mass is 16.6. The molecule has 1 fully saturated rings.